The Labute approximate surface area is 101 Å². The highest BCUT2D eigenvalue weighted by molar-refractivity contribution is 5.79. The summed E-state index contributed by atoms with van der Waals surface area (Å²) < 4.78 is 13.0. The summed E-state index contributed by atoms with van der Waals surface area (Å²) in [7, 11) is 0. The fourth-order valence-corrected chi connectivity index (χ4v) is 1.70. The Morgan fingerprint density at radius 2 is 2.18 bits per heavy atom. The molecule has 0 spiro atoms. The predicted octanol–water partition coefficient (Wildman–Crippen LogP) is 1.60. The summed E-state index contributed by atoms with van der Waals surface area (Å²) in [6.07, 6.45) is 0.163. The molecular weight excluding hydrogens is 221 g/mol. The Hall–Kier alpha value is -1.42. The second kappa shape index (κ2) is 6.35. The second-order valence-electron chi connectivity index (χ2n) is 4.21. The molecule has 0 aliphatic rings. The van der Waals surface area contributed by atoms with E-state index in [1.165, 1.54) is 12.1 Å². The number of halogens is 1. The first-order chi connectivity index (χ1) is 8.04. The number of carbonyl (C=O) groups is 1. The summed E-state index contributed by atoms with van der Waals surface area (Å²) in [5.41, 5.74) is 0.651. The van der Waals surface area contributed by atoms with Crippen molar-refractivity contribution < 1.29 is 14.3 Å². The van der Waals surface area contributed by atoms with Crippen molar-refractivity contribution in [2.75, 3.05) is 13.2 Å². The first-order valence-electron chi connectivity index (χ1n) is 5.69. The van der Waals surface area contributed by atoms with Crippen LogP contribution in [0.4, 0.5) is 4.39 Å². The fourth-order valence-electron chi connectivity index (χ4n) is 1.70. The number of hydrogen-bond acceptors (Lipinski definition) is 2. The third kappa shape index (κ3) is 4.15. The van der Waals surface area contributed by atoms with Gasteiger partial charge in [0.25, 0.3) is 0 Å². The van der Waals surface area contributed by atoms with Gasteiger partial charge in [-0.3, -0.25) is 4.79 Å². The van der Waals surface area contributed by atoms with E-state index >= 15 is 0 Å². The van der Waals surface area contributed by atoms with Gasteiger partial charge in [0.2, 0.25) is 5.91 Å². The molecule has 0 heterocycles. The van der Waals surface area contributed by atoms with Crippen molar-refractivity contribution in [3.8, 4) is 0 Å². The Morgan fingerprint density at radius 1 is 1.47 bits per heavy atom. The standard InChI is InChI=1S/C13H18FNO2/c1-10(2)15(6-7-16)13(17)9-11-4-3-5-12(14)8-11/h3-5,8,10,16H,6-7,9H2,1-2H3. The molecule has 0 saturated carbocycles. The molecule has 0 aliphatic heterocycles. The molecule has 0 radical (unpaired) electrons. The Kier molecular flexibility index (Phi) is 5.10. The third-order valence-electron chi connectivity index (χ3n) is 2.53. The molecule has 4 heteroatoms. The van der Waals surface area contributed by atoms with Crippen molar-refractivity contribution in [2.24, 2.45) is 0 Å². The average Bonchev–Trinajstić information content (AvgIpc) is 2.25. The number of aliphatic hydroxyl groups is 1. The number of carbonyl (C=O) groups excluding carboxylic acids is 1. The van der Waals surface area contributed by atoms with Gasteiger partial charge in [-0.1, -0.05) is 12.1 Å². The van der Waals surface area contributed by atoms with Gasteiger partial charge in [-0.05, 0) is 31.5 Å². The van der Waals surface area contributed by atoms with Crippen LogP contribution in [0.1, 0.15) is 19.4 Å². The van der Waals surface area contributed by atoms with Crippen LogP contribution in [0, 0.1) is 5.82 Å². The largest absolute Gasteiger partial charge is 0.395 e. The SMILES string of the molecule is CC(C)N(CCO)C(=O)Cc1cccc(F)c1. The van der Waals surface area contributed by atoms with E-state index in [-0.39, 0.29) is 30.8 Å². The third-order valence-corrected chi connectivity index (χ3v) is 2.53. The number of rotatable bonds is 5. The molecule has 1 rings (SSSR count). The van der Waals surface area contributed by atoms with Crippen LogP contribution in [-0.2, 0) is 11.2 Å². The van der Waals surface area contributed by atoms with Gasteiger partial charge >= 0.3 is 0 Å². The number of benzene rings is 1. The fraction of sp³-hybridized carbons (Fsp3) is 0.462. The molecule has 0 bridgehead atoms. The molecule has 1 amide bonds. The lowest BCUT2D eigenvalue weighted by molar-refractivity contribution is -0.132. The van der Waals surface area contributed by atoms with Crippen molar-refractivity contribution in [1.82, 2.24) is 4.90 Å². The summed E-state index contributed by atoms with van der Waals surface area (Å²) in [6, 6.07) is 6.04. The molecule has 0 aliphatic carbocycles. The molecule has 1 aromatic carbocycles. The van der Waals surface area contributed by atoms with Crippen molar-refractivity contribution >= 4 is 5.91 Å². The van der Waals surface area contributed by atoms with Crippen LogP contribution < -0.4 is 0 Å². The van der Waals surface area contributed by atoms with Gasteiger partial charge in [0.1, 0.15) is 5.82 Å². The van der Waals surface area contributed by atoms with Gasteiger partial charge in [-0.25, -0.2) is 4.39 Å². The van der Waals surface area contributed by atoms with Crippen LogP contribution in [0.15, 0.2) is 24.3 Å². The smallest absolute Gasteiger partial charge is 0.227 e. The summed E-state index contributed by atoms with van der Waals surface area (Å²) in [6.45, 7) is 4.02. The first kappa shape index (κ1) is 13.6. The minimum absolute atomic E-state index is 0.0307. The Bertz CT molecular complexity index is 379. The minimum Gasteiger partial charge on any atom is -0.395 e. The molecule has 0 fully saturated rings. The van der Waals surface area contributed by atoms with E-state index in [2.05, 4.69) is 0 Å². The Balaban J connectivity index is 2.69. The average molecular weight is 239 g/mol. The number of amides is 1. The summed E-state index contributed by atoms with van der Waals surface area (Å²) in [5.74, 6) is -0.437. The van der Waals surface area contributed by atoms with E-state index in [1.807, 2.05) is 13.8 Å². The maximum Gasteiger partial charge on any atom is 0.227 e. The highest BCUT2D eigenvalue weighted by Gasteiger charge is 2.16. The molecule has 1 aromatic rings. The van der Waals surface area contributed by atoms with Crippen LogP contribution in [-0.4, -0.2) is 35.1 Å². The zero-order valence-corrected chi connectivity index (χ0v) is 10.2. The highest BCUT2D eigenvalue weighted by Crippen LogP contribution is 2.08. The van der Waals surface area contributed by atoms with Crippen LogP contribution >= 0.6 is 0 Å². The van der Waals surface area contributed by atoms with Crippen molar-refractivity contribution in [3.05, 3.63) is 35.6 Å². The zero-order chi connectivity index (χ0) is 12.8. The van der Waals surface area contributed by atoms with Gasteiger partial charge < -0.3 is 10.0 Å². The van der Waals surface area contributed by atoms with Gasteiger partial charge in [0.15, 0.2) is 0 Å². The van der Waals surface area contributed by atoms with Crippen molar-refractivity contribution in [2.45, 2.75) is 26.3 Å². The molecule has 0 aromatic heterocycles. The lowest BCUT2D eigenvalue weighted by Crippen LogP contribution is -2.39. The molecule has 94 valence electrons. The number of nitrogens with zero attached hydrogens (tertiary/aromatic N) is 1. The van der Waals surface area contributed by atoms with Gasteiger partial charge in [0, 0.05) is 12.6 Å². The maximum atomic E-state index is 13.0. The zero-order valence-electron chi connectivity index (χ0n) is 10.2. The molecule has 3 nitrogen and oxygen atoms in total. The van der Waals surface area contributed by atoms with E-state index in [0.29, 0.717) is 12.1 Å². The van der Waals surface area contributed by atoms with Crippen LogP contribution in [0.25, 0.3) is 0 Å². The summed E-state index contributed by atoms with van der Waals surface area (Å²) in [4.78, 5) is 13.5. The molecule has 17 heavy (non-hydrogen) atoms. The molecule has 0 saturated heterocycles. The lowest BCUT2D eigenvalue weighted by atomic mass is 10.1. The van der Waals surface area contributed by atoms with E-state index in [4.69, 9.17) is 5.11 Å². The van der Waals surface area contributed by atoms with Gasteiger partial charge in [0.05, 0.1) is 13.0 Å². The monoisotopic (exact) mass is 239 g/mol. The van der Waals surface area contributed by atoms with Crippen molar-refractivity contribution in [1.29, 1.82) is 0 Å². The molecule has 0 unspecified atom stereocenters. The van der Waals surface area contributed by atoms with E-state index in [1.54, 1.807) is 17.0 Å². The van der Waals surface area contributed by atoms with Crippen LogP contribution in [0.2, 0.25) is 0 Å². The van der Waals surface area contributed by atoms with E-state index in [9.17, 15) is 9.18 Å². The van der Waals surface area contributed by atoms with Crippen molar-refractivity contribution in [3.63, 3.8) is 0 Å². The highest BCUT2D eigenvalue weighted by atomic mass is 19.1. The maximum absolute atomic E-state index is 13.0. The predicted molar refractivity (Wildman–Crippen MR) is 64.0 cm³/mol. The molecule has 1 N–H and O–H groups in total. The van der Waals surface area contributed by atoms with Crippen LogP contribution in [0.3, 0.4) is 0 Å². The van der Waals surface area contributed by atoms with Crippen LogP contribution in [0.5, 0.6) is 0 Å². The minimum atomic E-state index is -0.339. The number of hydrogen-bond donors (Lipinski definition) is 1. The normalized spacial score (nSPS) is 10.6. The van der Waals surface area contributed by atoms with Gasteiger partial charge in [-0.15, -0.1) is 0 Å². The topological polar surface area (TPSA) is 40.5 Å². The molecule has 0 atom stereocenters. The summed E-state index contributed by atoms with van der Waals surface area (Å²) >= 11 is 0. The number of aliphatic hydroxyl groups excluding tert-OH is 1. The first-order valence-corrected chi connectivity index (χ1v) is 5.69. The summed E-state index contributed by atoms with van der Waals surface area (Å²) in [5, 5.41) is 8.89. The van der Waals surface area contributed by atoms with Gasteiger partial charge in [-0.2, -0.15) is 0 Å². The lowest BCUT2D eigenvalue weighted by Gasteiger charge is -2.26. The Morgan fingerprint density at radius 3 is 2.71 bits per heavy atom. The second-order valence-corrected chi connectivity index (χ2v) is 4.21. The molecular formula is C13H18FNO2. The van der Waals surface area contributed by atoms with E-state index in [0.717, 1.165) is 0 Å². The quantitative estimate of drug-likeness (QED) is 0.847. The van der Waals surface area contributed by atoms with E-state index < -0.39 is 0 Å².